The van der Waals surface area contributed by atoms with E-state index in [1.165, 1.54) is 25.3 Å². The van der Waals surface area contributed by atoms with E-state index in [1.807, 2.05) is 6.07 Å². The number of benzene rings is 2. The fraction of sp³-hybridized carbons (Fsp3) is 0.158. The molecule has 2 rings (SSSR count). The van der Waals surface area contributed by atoms with Crippen LogP contribution in [0.1, 0.15) is 21.5 Å². The second-order valence-corrected chi connectivity index (χ2v) is 4.89. The minimum Gasteiger partial charge on any atom is -0.490 e. The van der Waals surface area contributed by atoms with E-state index in [0.29, 0.717) is 12.2 Å². The van der Waals surface area contributed by atoms with Crippen molar-refractivity contribution in [2.24, 2.45) is 0 Å². The third kappa shape index (κ3) is 4.51. The van der Waals surface area contributed by atoms with Crippen molar-refractivity contribution < 1.29 is 18.7 Å². The molecule has 0 N–H and O–H groups in total. The SMILES string of the molecule is COCCOc1cccc(F)c1C(=O)/C=C/c1ccc(C#N)cc1. The van der Waals surface area contributed by atoms with Crippen molar-refractivity contribution in [3.05, 3.63) is 71.0 Å². The smallest absolute Gasteiger partial charge is 0.192 e. The van der Waals surface area contributed by atoms with Crippen LogP contribution in [0.25, 0.3) is 6.08 Å². The predicted molar refractivity (Wildman–Crippen MR) is 88.3 cm³/mol. The Morgan fingerprint density at radius 1 is 1.21 bits per heavy atom. The van der Waals surface area contributed by atoms with E-state index in [9.17, 15) is 9.18 Å². The number of nitrogens with zero attached hydrogens (tertiary/aromatic N) is 1. The molecule has 0 unspecified atom stereocenters. The molecular formula is C19H16FNO3. The maximum Gasteiger partial charge on any atom is 0.192 e. The van der Waals surface area contributed by atoms with Gasteiger partial charge in [-0.05, 0) is 35.9 Å². The Kier molecular flexibility index (Phi) is 6.23. The van der Waals surface area contributed by atoms with Gasteiger partial charge in [0.25, 0.3) is 0 Å². The van der Waals surface area contributed by atoms with Crippen molar-refractivity contribution in [1.82, 2.24) is 0 Å². The summed E-state index contributed by atoms with van der Waals surface area (Å²) >= 11 is 0. The van der Waals surface area contributed by atoms with Crippen LogP contribution in [-0.4, -0.2) is 26.1 Å². The van der Waals surface area contributed by atoms with Crippen molar-refractivity contribution in [2.75, 3.05) is 20.3 Å². The van der Waals surface area contributed by atoms with E-state index in [4.69, 9.17) is 14.7 Å². The van der Waals surface area contributed by atoms with Crippen LogP contribution in [-0.2, 0) is 4.74 Å². The summed E-state index contributed by atoms with van der Waals surface area (Å²) in [5, 5.41) is 8.76. The molecule has 0 aliphatic rings. The van der Waals surface area contributed by atoms with Gasteiger partial charge < -0.3 is 9.47 Å². The van der Waals surface area contributed by atoms with E-state index in [0.717, 1.165) is 5.56 Å². The van der Waals surface area contributed by atoms with Crippen molar-refractivity contribution in [2.45, 2.75) is 0 Å². The molecule has 122 valence electrons. The largest absolute Gasteiger partial charge is 0.490 e. The van der Waals surface area contributed by atoms with Gasteiger partial charge in [-0.2, -0.15) is 5.26 Å². The first-order valence-electron chi connectivity index (χ1n) is 7.28. The molecule has 0 bridgehead atoms. The summed E-state index contributed by atoms with van der Waals surface area (Å²) in [5.41, 5.74) is 1.15. The predicted octanol–water partition coefficient (Wildman–Crippen LogP) is 3.62. The highest BCUT2D eigenvalue weighted by Crippen LogP contribution is 2.23. The number of rotatable bonds is 7. The van der Waals surface area contributed by atoms with Crippen LogP contribution < -0.4 is 4.74 Å². The minimum atomic E-state index is -0.639. The third-order valence-electron chi connectivity index (χ3n) is 3.23. The second kappa shape index (κ2) is 8.61. The van der Waals surface area contributed by atoms with E-state index in [1.54, 1.807) is 36.4 Å². The Hall–Kier alpha value is -2.97. The topological polar surface area (TPSA) is 59.3 Å². The highest BCUT2D eigenvalue weighted by Gasteiger charge is 2.15. The number of nitriles is 1. The number of carbonyl (C=O) groups excluding carboxylic acids is 1. The first-order valence-corrected chi connectivity index (χ1v) is 7.28. The summed E-state index contributed by atoms with van der Waals surface area (Å²) in [4.78, 5) is 12.3. The highest BCUT2D eigenvalue weighted by molar-refractivity contribution is 6.08. The number of hydrogen-bond donors (Lipinski definition) is 0. The van der Waals surface area contributed by atoms with Crippen molar-refractivity contribution in [3.63, 3.8) is 0 Å². The third-order valence-corrected chi connectivity index (χ3v) is 3.23. The second-order valence-electron chi connectivity index (χ2n) is 4.89. The van der Waals surface area contributed by atoms with Crippen LogP contribution in [0, 0.1) is 17.1 Å². The molecule has 2 aromatic rings. The first-order chi connectivity index (χ1) is 11.7. The molecule has 4 nitrogen and oxygen atoms in total. The van der Waals surface area contributed by atoms with Gasteiger partial charge >= 0.3 is 0 Å². The highest BCUT2D eigenvalue weighted by atomic mass is 19.1. The molecule has 0 heterocycles. The molecule has 24 heavy (non-hydrogen) atoms. The van der Waals surface area contributed by atoms with Gasteiger partial charge in [-0.25, -0.2) is 4.39 Å². The summed E-state index contributed by atoms with van der Waals surface area (Å²) in [5.74, 6) is -0.953. The molecule has 0 saturated heterocycles. The molecule has 0 radical (unpaired) electrons. The number of ether oxygens (including phenoxy) is 2. The summed E-state index contributed by atoms with van der Waals surface area (Å²) < 4.78 is 24.3. The zero-order valence-electron chi connectivity index (χ0n) is 13.2. The van der Waals surface area contributed by atoms with Crippen LogP contribution in [0.5, 0.6) is 5.75 Å². The Balaban J connectivity index is 2.19. The molecule has 0 aliphatic carbocycles. The van der Waals surface area contributed by atoms with Crippen LogP contribution in [0.15, 0.2) is 48.5 Å². The average Bonchev–Trinajstić information content (AvgIpc) is 2.60. The van der Waals surface area contributed by atoms with Crippen LogP contribution in [0.2, 0.25) is 0 Å². The molecule has 0 atom stereocenters. The zero-order chi connectivity index (χ0) is 17.4. The molecule has 0 fully saturated rings. The Labute approximate surface area is 139 Å². The van der Waals surface area contributed by atoms with Gasteiger partial charge in [-0.3, -0.25) is 4.79 Å². The number of allylic oxidation sites excluding steroid dienone is 1. The van der Waals surface area contributed by atoms with Gasteiger partial charge in [0.1, 0.15) is 18.2 Å². The molecule has 0 aliphatic heterocycles. The van der Waals surface area contributed by atoms with Crippen LogP contribution >= 0.6 is 0 Å². The van der Waals surface area contributed by atoms with Crippen molar-refractivity contribution in [1.29, 1.82) is 5.26 Å². The summed E-state index contributed by atoms with van der Waals surface area (Å²) in [6.07, 6.45) is 2.85. The number of halogens is 1. The number of hydrogen-bond acceptors (Lipinski definition) is 4. The molecule has 0 aromatic heterocycles. The van der Waals surface area contributed by atoms with Crippen LogP contribution in [0.4, 0.5) is 4.39 Å². The lowest BCUT2D eigenvalue weighted by atomic mass is 10.1. The lowest BCUT2D eigenvalue weighted by molar-refractivity contribution is 0.103. The zero-order valence-corrected chi connectivity index (χ0v) is 13.2. The standard InChI is InChI=1S/C19H16FNO3/c1-23-11-12-24-18-4-2-3-16(20)19(18)17(22)10-9-14-5-7-15(13-21)8-6-14/h2-10H,11-12H2,1H3/b10-9+. The first kappa shape index (κ1) is 17.4. The number of carbonyl (C=O) groups is 1. The Morgan fingerprint density at radius 2 is 1.96 bits per heavy atom. The van der Waals surface area contributed by atoms with E-state index in [-0.39, 0.29) is 17.9 Å². The van der Waals surface area contributed by atoms with Crippen LogP contribution in [0.3, 0.4) is 0 Å². The molecule has 0 amide bonds. The molecule has 2 aromatic carbocycles. The lowest BCUT2D eigenvalue weighted by Gasteiger charge is -2.10. The minimum absolute atomic E-state index is 0.113. The van der Waals surface area contributed by atoms with Gasteiger partial charge in [0.05, 0.1) is 23.8 Å². The fourth-order valence-electron chi connectivity index (χ4n) is 2.02. The molecule has 5 heteroatoms. The molecule has 0 saturated carbocycles. The van der Waals surface area contributed by atoms with E-state index >= 15 is 0 Å². The summed E-state index contributed by atoms with van der Waals surface area (Å²) in [6, 6.07) is 13.0. The van der Waals surface area contributed by atoms with Gasteiger partial charge in [0, 0.05) is 7.11 Å². The van der Waals surface area contributed by atoms with Gasteiger partial charge in [-0.15, -0.1) is 0 Å². The molecule has 0 spiro atoms. The van der Waals surface area contributed by atoms with Crippen molar-refractivity contribution in [3.8, 4) is 11.8 Å². The number of methoxy groups -OCH3 is 1. The quantitative estimate of drug-likeness (QED) is 0.443. The van der Waals surface area contributed by atoms with E-state index < -0.39 is 11.6 Å². The Morgan fingerprint density at radius 3 is 2.62 bits per heavy atom. The Bertz CT molecular complexity index is 776. The maximum atomic E-state index is 14.0. The summed E-state index contributed by atoms with van der Waals surface area (Å²) in [6.45, 7) is 0.560. The lowest BCUT2D eigenvalue weighted by Crippen LogP contribution is -2.09. The van der Waals surface area contributed by atoms with Gasteiger partial charge in [0.2, 0.25) is 0 Å². The van der Waals surface area contributed by atoms with Gasteiger partial charge in [0.15, 0.2) is 5.78 Å². The maximum absolute atomic E-state index is 14.0. The van der Waals surface area contributed by atoms with Crippen molar-refractivity contribution >= 4 is 11.9 Å². The average molecular weight is 325 g/mol. The monoisotopic (exact) mass is 325 g/mol. The van der Waals surface area contributed by atoms with E-state index in [2.05, 4.69) is 0 Å². The normalized spacial score (nSPS) is 10.5. The summed E-state index contributed by atoms with van der Waals surface area (Å²) in [7, 11) is 1.53. The van der Waals surface area contributed by atoms with Gasteiger partial charge in [-0.1, -0.05) is 24.3 Å². The number of ketones is 1. The molecular weight excluding hydrogens is 309 g/mol. The fourth-order valence-corrected chi connectivity index (χ4v) is 2.02.